The van der Waals surface area contributed by atoms with Crippen molar-refractivity contribution in [3.8, 4) is 5.75 Å². The summed E-state index contributed by atoms with van der Waals surface area (Å²) < 4.78 is 31.5. The second-order valence-corrected chi connectivity index (χ2v) is 10.0. The van der Waals surface area contributed by atoms with Gasteiger partial charge in [0.2, 0.25) is 21.8 Å². The van der Waals surface area contributed by atoms with Gasteiger partial charge in [0.05, 0.1) is 18.3 Å². The van der Waals surface area contributed by atoms with Crippen LogP contribution in [-0.4, -0.2) is 62.6 Å². The molecule has 12 heteroatoms. The average Bonchev–Trinajstić information content (AvgIpc) is 2.85. The van der Waals surface area contributed by atoms with Crippen LogP contribution in [0.1, 0.15) is 32.3 Å². The molecule has 0 heterocycles. The van der Waals surface area contributed by atoms with Crippen LogP contribution in [0.25, 0.3) is 0 Å². The zero-order valence-electron chi connectivity index (χ0n) is 20.8. The monoisotopic (exact) mass is 520 g/mol. The Morgan fingerprint density at radius 1 is 1.14 bits per heavy atom. The molecule has 11 nitrogen and oxygen atoms in total. The van der Waals surface area contributed by atoms with E-state index in [9.17, 15) is 28.1 Å². The molecular weight excluding hydrogens is 488 g/mol. The van der Waals surface area contributed by atoms with Gasteiger partial charge >= 0.3 is 0 Å². The van der Waals surface area contributed by atoms with Crippen molar-refractivity contribution in [1.29, 1.82) is 0 Å². The number of amides is 2. The molecule has 0 aliphatic rings. The number of hydrogen-bond donors (Lipinski definition) is 1. The minimum absolute atomic E-state index is 0.0427. The van der Waals surface area contributed by atoms with Gasteiger partial charge in [-0.1, -0.05) is 44.2 Å². The fraction of sp³-hybridized carbons (Fsp3) is 0.417. The summed E-state index contributed by atoms with van der Waals surface area (Å²) in [7, 11) is -2.79. The number of nitro groups is 1. The van der Waals surface area contributed by atoms with E-state index in [1.807, 2.05) is 13.0 Å². The molecule has 196 valence electrons. The van der Waals surface area contributed by atoms with Crippen molar-refractivity contribution in [2.24, 2.45) is 0 Å². The quantitative estimate of drug-likeness (QED) is 0.316. The molecule has 1 N–H and O–H groups in total. The molecule has 2 amide bonds. The van der Waals surface area contributed by atoms with Crippen molar-refractivity contribution in [2.75, 3.05) is 30.8 Å². The third-order valence-electron chi connectivity index (χ3n) is 5.45. The van der Waals surface area contributed by atoms with Crippen LogP contribution >= 0.6 is 0 Å². The number of carbonyl (C=O) groups is 2. The second kappa shape index (κ2) is 12.9. The van der Waals surface area contributed by atoms with Gasteiger partial charge in [-0.25, -0.2) is 8.42 Å². The van der Waals surface area contributed by atoms with Gasteiger partial charge in [0.15, 0.2) is 0 Å². The Labute approximate surface area is 211 Å². The van der Waals surface area contributed by atoms with Crippen LogP contribution < -0.4 is 14.4 Å². The maximum atomic E-state index is 13.6. The Balaban J connectivity index is 2.52. The Bertz CT molecular complexity index is 1170. The van der Waals surface area contributed by atoms with Crippen molar-refractivity contribution in [3.05, 3.63) is 64.2 Å². The predicted molar refractivity (Wildman–Crippen MR) is 136 cm³/mol. The molecule has 0 unspecified atom stereocenters. The van der Waals surface area contributed by atoms with E-state index < -0.39 is 33.4 Å². The number of nitrogens with one attached hydrogen (secondary N) is 1. The Morgan fingerprint density at radius 2 is 1.81 bits per heavy atom. The first-order chi connectivity index (χ1) is 17.0. The smallest absolute Gasteiger partial charge is 0.271 e. The Morgan fingerprint density at radius 3 is 2.33 bits per heavy atom. The van der Waals surface area contributed by atoms with E-state index in [1.54, 1.807) is 31.2 Å². The van der Waals surface area contributed by atoms with E-state index in [4.69, 9.17) is 4.74 Å². The van der Waals surface area contributed by atoms with Crippen molar-refractivity contribution in [2.45, 2.75) is 39.3 Å². The lowest BCUT2D eigenvalue weighted by atomic mass is 10.1. The molecule has 2 aromatic carbocycles. The molecule has 0 radical (unpaired) electrons. The first-order valence-electron chi connectivity index (χ1n) is 11.4. The molecule has 0 aromatic heterocycles. The van der Waals surface area contributed by atoms with Gasteiger partial charge in [-0.2, -0.15) is 0 Å². The molecule has 2 rings (SSSR count). The normalized spacial score (nSPS) is 11.9. The molecule has 0 spiro atoms. The number of hydrogen-bond acceptors (Lipinski definition) is 7. The second-order valence-electron chi connectivity index (χ2n) is 8.11. The molecule has 0 saturated heterocycles. The van der Waals surface area contributed by atoms with Crippen LogP contribution in [-0.2, 0) is 26.2 Å². The van der Waals surface area contributed by atoms with Gasteiger partial charge in [-0.3, -0.25) is 24.0 Å². The van der Waals surface area contributed by atoms with Crippen molar-refractivity contribution in [1.82, 2.24) is 10.2 Å². The van der Waals surface area contributed by atoms with Crippen LogP contribution in [0.15, 0.2) is 48.5 Å². The average molecular weight is 521 g/mol. The topological polar surface area (TPSA) is 139 Å². The van der Waals surface area contributed by atoms with E-state index in [0.29, 0.717) is 19.4 Å². The largest absolute Gasteiger partial charge is 0.495 e. The highest BCUT2D eigenvalue weighted by Crippen LogP contribution is 2.34. The maximum Gasteiger partial charge on any atom is 0.271 e. The third-order valence-corrected chi connectivity index (χ3v) is 6.58. The molecule has 0 aliphatic heterocycles. The number of rotatable bonds is 13. The number of ether oxygens (including phenoxy) is 1. The van der Waals surface area contributed by atoms with Gasteiger partial charge in [0.1, 0.15) is 24.0 Å². The van der Waals surface area contributed by atoms with Gasteiger partial charge in [-0.05, 0) is 24.5 Å². The van der Waals surface area contributed by atoms with Crippen molar-refractivity contribution < 1.29 is 27.7 Å². The lowest BCUT2D eigenvalue weighted by Gasteiger charge is -2.33. The van der Waals surface area contributed by atoms with Crippen molar-refractivity contribution >= 4 is 33.2 Å². The maximum absolute atomic E-state index is 13.6. The Kier molecular flexibility index (Phi) is 10.2. The van der Waals surface area contributed by atoms with Gasteiger partial charge in [-0.15, -0.1) is 0 Å². The first-order valence-corrected chi connectivity index (χ1v) is 13.3. The summed E-state index contributed by atoms with van der Waals surface area (Å²) >= 11 is 0. The third kappa shape index (κ3) is 7.41. The summed E-state index contributed by atoms with van der Waals surface area (Å²) in [6.07, 6.45) is 1.90. The Hall–Kier alpha value is -3.67. The number of benzene rings is 2. The number of nitro benzene ring substituents is 1. The van der Waals surface area contributed by atoms with E-state index in [2.05, 4.69) is 5.32 Å². The lowest BCUT2D eigenvalue weighted by molar-refractivity contribution is -0.384. The number of carbonyl (C=O) groups excluding carboxylic acids is 2. The molecule has 0 fully saturated rings. The number of nitrogens with zero attached hydrogens (tertiary/aromatic N) is 3. The first kappa shape index (κ1) is 28.6. The van der Waals surface area contributed by atoms with Crippen LogP contribution in [0.4, 0.5) is 11.4 Å². The molecular formula is C24H32N4O7S. The number of anilines is 1. The molecule has 36 heavy (non-hydrogen) atoms. The van der Waals surface area contributed by atoms with Crippen molar-refractivity contribution in [3.63, 3.8) is 0 Å². The minimum Gasteiger partial charge on any atom is -0.495 e. The highest BCUT2D eigenvalue weighted by Gasteiger charge is 2.33. The van der Waals surface area contributed by atoms with E-state index in [1.165, 1.54) is 24.1 Å². The lowest BCUT2D eigenvalue weighted by Crippen LogP contribution is -2.52. The molecule has 1 atom stereocenters. The standard InChI is InChI=1S/C24H32N4O7S/c1-5-14-25-24(30)20(6-2)26(16-18-10-8-7-9-11-18)23(29)17-27(36(4,33)34)21-15-19(28(31)32)12-13-22(21)35-3/h7-13,15,20H,5-6,14,16-17H2,1-4H3,(H,25,30)/t20-/m1/s1. The van der Waals surface area contributed by atoms with Crippen LogP contribution in [0.5, 0.6) is 5.75 Å². The summed E-state index contributed by atoms with van der Waals surface area (Å²) in [6.45, 7) is 3.50. The van der Waals surface area contributed by atoms with Gasteiger partial charge in [0.25, 0.3) is 5.69 Å². The summed E-state index contributed by atoms with van der Waals surface area (Å²) in [5.74, 6) is -0.944. The summed E-state index contributed by atoms with van der Waals surface area (Å²) in [5.41, 5.74) is 0.246. The number of sulfonamides is 1. The van der Waals surface area contributed by atoms with Crippen LogP contribution in [0, 0.1) is 10.1 Å². The summed E-state index contributed by atoms with van der Waals surface area (Å²) in [4.78, 5) is 38.5. The zero-order valence-corrected chi connectivity index (χ0v) is 21.7. The zero-order chi connectivity index (χ0) is 26.9. The fourth-order valence-electron chi connectivity index (χ4n) is 3.65. The highest BCUT2D eigenvalue weighted by molar-refractivity contribution is 7.92. The van der Waals surface area contributed by atoms with Crippen LogP contribution in [0.3, 0.4) is 0 Å². The number of non-ortho nitro benzene ring substituents is 1. The molecule has 2 aromatic rings. The summed E-state index contributed by atoms with van der Waals surface area (Å²) in [5, 5.41) is 14.1. The predicted octanol–water partition coefficient (Wildman–Crippen LogP) is 2.70. The van der Waals surface area contributed by atoms with E-state index in [0.717, 1.165) is 22.2 Å². The van der Waals surface area contributed by atoms with Gasteiger partial charge in [0, 0.05) is 25.2 Å². The van der Waals surface area contributed by atoms with E-state index >= 15 is 0 Å². The van der Waals surface area contributed by atoms with E-state index in [-0.39, 0.29) is 29.6 Å². The molecule has 0 saturated carbocycles. The molecule has 0 bridgehead atoms. The summed E-state index contributed by atoms with van der Waals surface area (Å²) in [6, 6.07) is 11.7. The number of methoxy groups -OCH3 is 1. The SMILES string of the molecule is CCCNC(=O)[C@@H](CC)N(Cc1ccccc1)C(=O)CN(c1cc([N+](=O)[O-])ccc1OC)S(C)(=O)=O. The minimum atomic E-state index is -4.08. The molecule has 0 aliphatic carbocycles. The van der Waals surface area contributed by atoms with Crippen LogP contribution in [0.2, 0.25) is 0 Å². The fourth-order valence-corrected chi connectivity index (χ4v) is 4.49. The van der Waals surface area contributed by atoms with Gasteiger partial charge < -0.3 is 15.0 Å². The highest BCUT2D eigenvalue weighted by atomic mass is 32.2.